The molecule has 0 amide bonds. The fraction of sp³-hybridized carbons (Fsp3) is 0.967. The summed E-state index contributed by atoms with van der Waals surface area (Å²) in [5.41, 5.74) is -2.01. The second-order valence-corrected chi connectivity index (χ2v) is 15.2. The van der Waals surface area contributed by atoms with Gasteiger partial charge >= 0.3 is 5.97 Å². The molecule has 1 N–H and O–H groups in total. The number of halogens is 1. The van der Waals surface area contributed by atoms with Crippen LogP contribution in [0.5, 0.6) is 0 Å². The van der Waals surface area contributed by atoms with Crippen LogP contribution < -0.4 is 0 Å². The smallest absolute Gasteiger partial charge is 0.313 e. The van der Waals surface area contributed by atoms with Crippen LogP contribution in [0, 0.1) is 56.7 Å². The third kappa shape index (κ3) is 2.25. The average Bonchev–Trinajstić information content (AvgIpc) is 2.98. The summed E-state index contributed by atoms with van der Waals surface area (Å²) in [7, 11) is 0. The van der Waals surface area contributed by atoms with E-state index in [1.54, 1.807) is 0 Å². The molecule has 1 saturated heterocycles. The van der Waals surface area contributed by atoms with Gasteiger partial charge in [0.25, 0.3) is 0 Å². The maximum atomic E-state index is 17.1. The van der Waals surface area contributed by atoms with E-state index in [1.165, 1.54) is 0 Å². The summed E-state index contributed by atoms with van der Waals surface area (Å²) in [6.07, 6.45) is 6.70. The van der Waals surface area contributed by atoms with E-state index >= 15 is 4.39 Å². The Kier molecular flexibility index (Phi) is 4.62. The zero-order valence-corrected chi connectivity index (χ0v) is 22.5. The van der Waals surface area contributed by atoms with Crippen molar-refractivity contribution < 1.29 is 19.0 Å². The maximum absolute atomic E-state index is 17.1. The standard InChI is InChI=1S/C30H47FO3/c1-17-8-13-29-15-14-28(7)27(6)12-9-19-25(3,4)22(32)10-11-26(19,5)20(27)16-21(31)30(28,34-24(29)33)23(29)18(17)2/h17-23,32H,8-16H2,1-7H3/t17-,18+,19+,20-,21-,22+,23-,26+,27-,28+,29+,30+/m1/s1. The van der Waals surface area contributed by atoms with Gasteiger partial charge in [-0.2, -0.15) is 0 Å². The molecule has 0 unspecified atom stereocenters. The van der Waals surface area contributed by atoms with Crippen LogP contribution in [-0.2, 0) is 9.53 Å². The van der Waals surface area contributed by atoms with Crippen molar-refractivity contribution in [3.8, 4) is 0 Å². The summed E-state index contributed by atoms with van der Waals surface area (Å²) in [4.78, 5) is 13.7. The molecule has 4 heteroatoms. The van der Waals surface area contributed by atoms with Gasteiger partial charge in [-0.15, -0.1) is 0 Å². The van der Waals surface area contributed by atoms with Crippen molar-refractivity contribution in [2.24, 2.45) is 56.7 Å². The lowest BCUT2D eigenvalue weighted by Gasteiger charge is -2.74. The summed E-state index contributed by atoms with van der Waals surface area (Å²) >= 11 is 0. The van der Waals surface area contributed by atoms with Crippen LogP contribution in [0.15, 0.2) is 0 Å². The summed E-state index contributed by atoms with van der Waals surface area (Å²) in [6.45, 7) is 16.2. The van der Waals surface area contributed by atoms with Crippen LogP contribution in [0.1, 0.15) is 106 Å². The van der Waals surface area contributed by atoms with Crippen LogP contribution in [0.2, 0.25) is 0 Å². The predicted octanol–water partition coefficient (Wildman–Crippen LogP) is 6.71. The Morgan fingerprint density at radius 2 is 1.62 bits per heavy atom. The number of carbonyl (C=O) groups excluding carboxylic acids is 1. The lowest BCUT2D eigenvalue weighted by atomic mass is 9.30. The SMILES string of the molecule is C[C@H]1[C@H](C)CC[C@@]23CC[C@]4(C)[C@](OC2=O)([C@H](F)C[C@@H]2[C@@]5(C)CC[C@H](O)C(C)(C)[C@@H]5CC[C@]24C)[C@H]13. The van der Waals surface area contributed by atoms with Crippen molar-refractivity contribution in [3.63, 3.8) is 0 Å². The van der Waals surface area contributed by atoms with Crippen LogP contribution >= 0.6 is 0 Å². The van der Waals surface area contributed by atoms with Crippen molar-refractivity contribution in [2.45, 2.75) is 124 Å². The largest absolute Gasteiger partial charge is 0.455 e. The highest BCUT2D eigenvalue weighted by Crippen LogP contribution is 2.81. The van der Waals surface area contributed by atoms with Gasteiger partial charge in [0.2, 0.25) is 0 Å². The molecule has 1 spiro atoms. The Balaban J connectivity index is 1.50. The van der Waals surface area contributed by atoms with Gasteiger partial charge in [-0.05, 0) is 97.7 Å². The Morgan fingerprint density at radius 3 is 2.32 bits per heavy atom. The van der Waals surface area contributed by atoms with Crippen LogP contribution in [0.4, 0.5) is 4.39 Å². The van der Waals surface area contributed by atoms with Crippen molar-refractivity contribution in [3.05, 3.63) is 0 Å². The lowest BCUT2D eigenvalue weighted by molar-refractivity contribution is -0.310. The summed E-state index contributed by atoms with van der Waals surface area (Å²) in [6, 6.07) is 0. The topological polar surface area (TPSA) is 46.5 Å². The molecule has 6 aliphatic rings. The van der Waals surface area contributed by atoms with Gasteiger partial charge in [-0.25, -0.2) is 4.39 Å². The van der Waals surface area contributed by atoms with Gasteiger partial charge in [0.15, 0.2) is 5.60 Å². The van der Waals surface area contributed by atoms with E-state index in [0.717, 1.165) is 51.4 Å². The summed E-state index contributed by atoms with van der Waals surface area (Å²) in [5.74, 6) is 1.37. The molecule has 1 heterocycles. The first-order chi connectivity index (χ1) is 15.7. The number of carbonyl (C=O) groups is 1. The zero-order chi connectivity index (χ0) is 24.7. The molecule has 0 aromatic carbocycles. The molecule has 0 aromatic rings. The monoisotopic (exact) mass is 474 g/mol. The first kappa shape index (κ1) is 23.7. The van der Waals surface area contributed by atoms with Gasteiger partial charge < -0.3 is 9.84 Å². The normalized spacial score (nSPS) is 62.0. The van der Waals surface area contributed by atoms with Gasteiger partial charge in [0, 0.05) is 11.3 Å². The number of alkyl halides is 1. The van der Waals surface area contributed by atoms with Crippen molar-refractivity contribution in [2.75, 3.05) is 0 Å². The molecule has 6 rings (SSSR count). The molecular formula is C30H47FO3. The number of esters is 1. The maximum Gasteiger partial charge on any atom is 0.313 e. The van der Waals surface area contributed by atoms with E-state index in [9.17, 15) is 9.90 Å². The Morgan fingerprint density at radius 1 is 0.912 bits per heavy atom. The fourth-order valence-corrected chi connectivity index (χ4v) is 12.0. The van der Waals surface area contributed by atoms with Gasteiger partial charge in [-0.1, -0.05) is 48.5 Å². The van der Waals surface area contributed by atoms with Crippen LogP contribution in [0.3, 0.4) is 0 Å². The second-order valence-electron chi connectivity index (χ2n) is 15.2. The first-order valence-electron chi connectivity index (χ1n) is 14.3. The van der Waals surface area contributed by atoms with Crippen molar-refractivity contribution in [1.82, 2.24) is 0 Å². The Labute approximate surface area is 206 Å². The molecule has 0 aromatic heterocycles. The second kappa shape index (κ2) is 6.62. The lowest BCUT2D eigenvalue weighted by Crippen LogP contribution is -2.76. The van der Waals surface area contributed by atoms with Crippen LogP contribution in [-0.4, -0.2) is 29.0 Å². The summed E-state index contributed by atoms with van der Waals surface area (Å²) in [5, 5.41) is 10.9. The van der Waals surface area contributed by atoms with E-state index in [-0.39, 0.29) is 45.6 Å². The third-order valence-electron chi connectivity index (χ3n) is 14.3. The van der Waals surface area contributed by atoms with Crippen molar-refractivity contribution >= 4 is 5.97 Å². The highest BCUT2D eigenvalue weighted by molar-refractivity contribution is 5.82. The number of fused-ring (bicyclic) bond motifs is 4. The van der Waals surface area contributed by atoms with E-state index < -0.39 is 17.2 Å². The van der Waals surface area contributed by atoms with E-state index in [1.807, 2.05) is 0 Å². The fourth-order valence-electron chi connectivity index (χ4n) is 12.0. The number of aliphatic hydroxyl groups excluding tert-OH is 1. The molecule has 0 radical (unpaired) electrons. The van der Waals surface area contributed by atoms with Gasteiger partial charge in [0.1, 0.15) is 6.17 Å². The third-order valence-corrected chi connectivity index (χ3v) is 14.3. The molecule has 34 heavy (non-hydrogen) atoms. The highest BCUT2D eigenvalue weighted by atomic mass is 19.1. The predicted molar refractivity (Wildman–Crippen MR) is 131 cm³/mol. The average molecular weight is 475 g/mol. The number of hydrogen-bond acceptors (Lipinski definition) is 3. The highest BCUT2D eigenvalue weighted by Gasteiger charge is 2.84. The minimum atomic E-state index is -1.11. The Hall–Kier alpha value is -0.640. The molecular weight excluding hydrogens is 427 g/mol. The van der Waals surface area contributed by atoms with Gasteiger partial charge in [-0.3, -0.25) is 4.79 Å². The number of aliphatic hydroxyl groups is 1. The molecule has 1 aliphatic heterocycles. The summed E-state index contributed by atoms with van der Waals surface area (Å²) < 4.78 is 23.6. The van der Waals surface area contributed by atoms with E-state index in [0.29, 0.717) is 24.2 Å². The molecule has 2 bridgehead atoms. The van der Waals surface area contributed by atoms with E-state index in [2.05, 4.69) is 48.5 Å². The molecule has 192 valence electrons. The molecule has 5 aliphatic carbocycles. The molecule has 3 nitrogen and oxygen atoms in total. The minimum absolute atomic E-state index is 0.00192. The number of ether oxygens (including phenoxy) is 1. The number of rotatable bonds is 0. The van der Waals surface area contributed by atoms with Crippen molar-refractivity contribution in [1.29, 1.82) is 0 Å². The van der Waals surface area contributed by atoms with Gasteiger partial charge in [0.05, 0.1) is 11.5 Å². The molecule has 12 atom stereocenters. The first-order valence-corrected chi connectivity index (χ1v) is 14.3. The van der Waals surface area contributed by atoms with Crippen LogP contribution in [0.25, 0.3) is 0 Å². The minimum Gasteiger partial charge on any atom is -0.455 e. The quantitative estimate of drug-likeness (QED) is 0.397. The molecule has 6 fully saturated rings. The zero-order valence-electron chi connectivity index (χ0n) is 22.5. The molecule has 5 saturated carbocycles. The Bertz CT molecular complexity index is 917. The van der Waals surface area contributed by atoms with E-state index in [4.69, 9.17) is 4.74 Å². The number of hydrogen-bond donors (Lipinski definition) is 1.